The fourth-order valence-electron chi connectivity index (χ4n) is 7.28. The number of aliphatic hydroxyl groups excluding tert-OH is 2. The number of nitriles is 1. The molecule has 14 nitrogen and oxygen atoms in total. The van der Waals surface area contributed by atoms with Gasteiger partial charge in [-0.05, 0) is 67.8 Å². The minimum absolute atomic E-state index is 0.0175. The van der Waals surface area contributed by atoms with E-state index in [1.165, 1.54) is 33.9 Å². The molecule has 2 aromatic carbocycles. The number of nitrogens with one attached hydrogen (secondary N) is 2. The first kappa shape index (κ1) is 37.4. The summed E-state index contributed by atoms with van der Waals surface area (Å²) in [5, 5.41) is 37.8. The van der Waals surface area contributed by atoms with Gasteiger partial charge in [-0.2, -0.15) is 5.26 Å². The second-order valence-electron chi connectivity index (χ2n) is 13.9. The van der Waals surface area contributed by atoms with Crippen LogP contribution in [0.15, 0.2) is 64.8 Å². The SMILES string of the molecule is N#Cc1cc2ncn(CC(=O)C[C@@H]3NCC(c4cc(-c5cc6ncn(CC(=O)C[C@@H]7NCCC[C@H]7O)c(=O)c6cc5Cl)ccn4)C[C@H]3O)c(=O)c2cc1Cl. The molecule has 2 saturated heterocycles. The predicted octanol–water partition coefficient (Wildman–Crippen LogP) is 2.88. The number of halogens is 2. The van der Waals surface area contributed by atoms with E-state index in [1.54, 1.807) is 24.4 Å². The molecule has 16 heteroatoms. The Hall–Kier alpha value is -4.88. The van der Waals surface area contributed by atoms with Gasteiger partial charge in [0.05, 0.1) is 70.3 Å². The van der Waals surface area contributed by atoms with Crippen LogP contribution in [0.2, 0.25) is 10.0 Å². The molecule has 0 bridgehead atoms. The molecule has 0 saturated carbocycles. The Morgan fingerprint density at radius 1 is 0.852 bits per heavy atom. The predicted molar refractivity (Wildman–Crippen MR) is 201 cm³/mol. The average Bonchev–Trinajstić information content (AvgIpc) is 3.16. The quantitative estimate of drug-likeness (QED) is 0.162. The zero-order valence-electron chi connectivity index (χ0n) is 28.9. The van der Waals surface area contributed by atoms with E-state index in [0.29, 0.717) is 46.7 Å². The van der Waals surface area contributed by atoms with Crippen molar-refractivity contribution < 1.29 is 19.8 Å². The Morgan fingerprint density at radius 3 is 2.11 bits per heavy atom. The Bertz CT molecular complexity index is 2450. The second-order valence-corrected chi connectivity index (χ2v) is 14.7. The Morgan fingerprint density at radius 2 is 1.48 bits per heavy atom. The molecule has 2 fully saturated rings. The van der Waals surface area contributed by atoms with Crippen molar-refractivity contribution in [2.45, 2.75) is 75.4 Å². The molecule has 1 unspecified atom stereocenters. The van der Waals surface area contributed by atoms with E-state index in [-0.39, 0.29) is 70.8 Å². The van der Waals surface area contributed by atoms with Crippen molar-refractivity contribution in [3.63, 3.8) is 0 Å². The number of hydrogen-bond donors (Lipinski definition) is 4. The number of carbonyl (C=O) groups excluding carboxylic acids is 2. The van der Waals surface area contributed by atoms with Gasteiger partial charge in [-0.3, -0.25) is 33.3 Å². The Balaban J connectivity index is 1.00. The number of piperidine rings is 2. The maximum Gasteiger partial charge on any atom is 0.261 e. The van der Waals surface area contributed by atoms with E-state index in [9.17, 15) is 34.7 Å². The molecule has 5 aromatic rings. The third-order valence-corrected chi connectivity index (χ3v) is 10.8. The molecule has 54 heavy (non-hydrogen) atoms. The first-order chi connectivity index (χ1) is 26.0. The van der Waals surface area contributed by atoms with Gasteiger partial charge in [0.2, 0.25) is 0 Å². The number of carbonyl (C=O) groups is 2. The molecule has 0 radical (unpaired) electrons. The molecule has 0 aliphatic carbocycles. The van der Waals surface area contributed by atoms with Gasteiger partial charge < -0.3 is 20.8 Å². The maximum absolute atomic E-state index is 13.3. The Labute approximate surface area is 318 Å². The molecule has 5 atom stereocenters. The third kappa shape index (κ3) is 7.83. The fourth-order valence-corrected chi connectivity index (χ4v) is 7.75. The smallest absolute Gasteiger partial charge is 0.261 e. The highest BCUT2D eigenvalue weighted by Gasteiger charge is 2.32. The van der Waals surface area contributed by atoms with Crippen LogP contribution in [0.25, 0.3) is 32.9 Å². The van der Waals surface area contributed by atoms with E-state index in [1.807, 2.05) is 12.1 Å². The van der Waals surface area contributed by atoms with Gasteiger partial charge in [-0.25, -0.2) is 9.97 Å². The molecule has 7 rings (SSSR count). The number of ketones is 2. The highest BCUT2D eigenvalue weighted by Crippen LogP contribution is 2.33. The van der Waals surface area contributed by atoms with Crippen LogP contribution in [-0.4, -0.2) is 83.2 Å². The summed E-state index contributed by atoms with van der Waals surface area (Å²) < 4.78 is 2.44. The molecule has 0 amide bonds. The van der Waals surface area contributed by atoms with Crippen LogP contribution in [0, 0.1) is 11.3 Å². The lowest BCUT2D eigenvalue weighted by atomic mass is 9.87. The van der Waals surface area contributed by atoms with Gasteiger partial charge in [-0.15, -0.1) is 0 Å². The number of pyridine rings is 1. The number of nitrogens with zero attached hydrogens (tertiary/aromatic N) is 6. The van der Waals surface area contributed by atoms with Crippen molar-refractivity contribution in [2.24, 2.45) is 0 Å². The van der Waals surface area contributed by atoms with Gasteiger partial charge in [0.15, 0.2) is 11.6 Å². The first-order valence-corrected chi connectivity index (χ1v) is 18.3. The van der Waals surface area contributed by atoms with Crippen molar-refractivity contribution in [3.8, 4) is 17.2 Å². The van der Waals surface area contributed by atoms with E-state index >= 15 is 0 Å². The van der Waals surface area contributed by atoms with Crippen LogP contribution in [0.3, 0.4) is 0 Å². The number of aromatic nitrogens is 5. The standard InChI is InChI=1S/C38H36Cl2N8O6/c39-28-11-26-31(7-21(28)14-41)45-18-47(37(26)53)17-24(50)10-34-36(52)8-22(15-44-34)30-6-20(3-5-43-30)25-13-32-27(12-29(25)40)38(54)48(19-46-32)16-23(49)9-33-35(51)2-1-4-42-33/h3,5-7,11-13,18-19,22,33-36,42,44,51-52H,1-2,4,8-10,15-17H2/t22?,33-,34-,35+,36+/m0/s1. The van der Waals surface area contributed by atoms with Crippen LogP contribution < -0.4 is 21.8 Å². The van der Waals surface area contributed by atoms with Gasteiger partial charge in [0, 0.05) is 59.9 Å². The lowest BCUT2D eigenvalue weighted by molar-refractivity contribution is -0.121. The molecule has 2 aliphatic heterocycles. The van der Waals surface area contributed by atoms with Crippen LogP contribution >= 0.6 is 23.2 Å². The minimum atomic E-state index is -0.876. The molecular formula is C38H36Cl2N8O6. The number of aliphatic hydroxyl groups is 2. The summed E-state index contributed by atoms with van der Waals surface area (Å²) in [5.41, 5.74) is 2.12. The second kappa shape index (κ2) is 15.8. The molecule has 2 aliphatic rings. The monoisotopic (exact) mass is 770 g/mol. The average molecular weight is 772 g/mol. The van der Waals surface area contributed by atoms with Crippen LogP contribution in [0.1, 0.15) is 49.3 Å². The zero-order chi connectivity index (χ0) is 38.1. The molecule has 0 spiro atoms. The normalized spacial score (nSPS) is 21.6. The number of rotatable bonds is 10. The first-order valence-electron chi connectivity index (χ1n) is 17.6. The van der Waals surface area contributed by atoms with Crippen molar-refractivity contribution >= 4 is 56.6 Å². The number of fused-ring (bicyclic) bond motifs is 2. The van der Waals surface area contributed by atoms with Crippen molar-refractivity contribution in [1.29, 1.82) is 5.26 Å². The highest BCUT2D eigenvalue weighted by molar-refractivity contribution is 6.34. The molecule has 5 heterocycles. The summed E-state index contributed by atoms with van der Waals surface area (Å²) in [6, 6.07) is 10.8. The zero-order valence-corrected chi connectivity index (χ0v) is 30.4. The fraction of sp³-hybridized carbons (Fsp3) is 0.368. The van der Waals surface area contributed by atoms with Crippen LogP contribution in [0.4, 0.5) is 0 Å². The summed E-state index contributed by atoms with van der Waals surface area (Å²) in [4.78, 5) is 65.4. The van der Waals surface area contributed by atoms with Crippen molar-refractivity contribution in [2.75, 3.05) is 13.1 Å². The molecule has 4 N–H and O–H groups in total. The number of Topliss-reactive ketones (excluding diaryl/α,β-unsaturated/α-hetero) is 2. The van der Waals surface area contributed by atoms with Crippen LogP contribution in [-0.2, 0) is 22.7 Å². The van der Waals surface area contributed by atoms with Crippen molar-refractivity contribution in [3.05, 3.63) is 97.3 Å². The maximum atomic E-state index is 13.3. The van der Waals surface area contributed by atoms with Crippen molar-refractivity contribution in [1.82, 2.24) is 34.7 Å². The highest BCUT2D eigenvalue weighted by atomic mass is 35.5. The molecule has 278 valence electrons. The summed E-state index contributed by atoms with van der Waals surface area (Å²) in [7, 11) is 0. The summed E-state index contributed by atoms with van der Waals surface area (Å²) in [6.07, 6.45) is 4.68. The van der Waals surface area contributed by atoms with E-state index in [2.05, 4.69) is 25.6 Å². The van der Waals surface area contributed by atoms with Gasteiger partial charge in [0.25, 0.3) is 11.1 Å². The number of hydrogen-bond acceptors (Lipinski definition) is 12. The van der Waals surface area contributed by atoms with Crippen LogP contribution in [0.5, 0.6) is 0 Å². The number of benzene rings is 2. The summed E-state index contributed by atoms with van der Waals surface area (Å²) in [6.45, 7) is 0.758. The van der Waals surface area contributed by atoms with Gasteiger partial charge >= 0.3 is 0 Å². The van der Waals surface area contributed by atoms with Gasteiger partial charge in [0.1, 0.15) is 6.07 Å². The summed E-state index contributed by atoms with van der Waals surface area (Å²) in [5.74, 6) is -0.654. The lowest BCUT2D eigenvalue weighted by Gasteiger charge is -2.34. The Kier molecular flexibility index (Phi) is 11.0. The minimum Gasteiger partial charge on any atom is -0.391 e. The summed E-state index contributed by atoms with van der Waals surface area (Å²) >= 11 is 12.8. The van der Waals surface area contributed by atoms with E-state index in [4.69, 9.17) is 23.2 Å². The van der Waals surface area contributed by atoms with E-state index in [0.717, 1.165) is 18.5 Å². The molecular weight excluding hydrogens is 735 g/mol. The largest absolute Gasteiger partial charge is 0.391 e. The molecule has 3 aromatic heterocycles. The third-order valence-electron chi connectivity index (χ3n) is 10.2. The van der Waals surface area contributed by atoms with Gasteiger partial charge in [-0.1, -0.05) is 23.2 Å². The van der Waals surface area contributed by atoms with E-state index < -0.39 is 29.4 Å². The lowest BCUT2D eigenvalue weighted by Crippen LogP contribution is -2.49. The topological polar surface area (TPSA) is 205 Å².